The van der Waals surface area contributed by atoms with E-state index in [2.05, 4.69) is 6.92 Å². The maximum Gasteiger partial charge on any atom is 0.166 e. The first-order valence-corrected chi connectivity index (χ1v) is 6.70. The predicted molar refractivity (Wildman–Crippen MR) is 71.3 cm³/mol. The van der Waals surface area contributed by atoms with Crippen molar-refractivity contribution in [2.45, 2.75) is 39.5 Å². The van der Waals surface area contributed by atoms with Gasteiger partial charge in [-0.15, -0.1) is 0 Å². The summed E-state index contributed by atoms with van der Waals surface area (Å²) < 4.78 is 27.1. The minimum atomic E-state index is -0.727. The van der Waals surface area contributed by atoms with Crippen LogP contribution in [0.25, 0.3) is 6.08 Å². The van der Waals surface area contributed by atoms with Crippen molar-refractivity contribution in [1.82, 2.24) is 0 Å². The highest BCUT2D eigenvalue weighted by molar-refractivity contribution is 5.51. The van der Waals surface area contributed by atoms with E-state index >= 15 is 0 Å². The highest BCUT2D eigenvalue weighted by Crippen LogP contribution is 2.29. The fraction of sp³-hybridized carbons (Fsp3) is 0.500. The zero-order chi connectivity index (χ0) is 13.1. The maximum atomic E-state index is 13.7. The lowest BCUT2D eigenvalue weighted by Gasteiger charge is -2.23. The topological polar surface area (TPSA) is 0 Å². The van der Waals surface area contributed by atoms with Crippen LogP contribution in [0.15, 0.2) is 18.2 Å². The van der Waals surface area contributed by atoms with Crippen molar-refractivity contribution in [2.75, 3.05) is 0 Å². The van der Waals surface area contributed by atoms with Gasteiger partial charge in [-0.1, -0.05) is 44.1 Å². The van der Waals surface area contributed by atoms with Gasteiger partial charge < -0.3 is 0 Å². The van der Waals surface area contributed by atoms with Crippen LogP contribution in [0.4, 0.5) is 8.78 Å². The summed E-state index contributed by atoms with van der Waals surface area (Å²) >= 11 is 0. The summed E-state index contributed by atoms with van der Waals surface area (Å²) in [7, 11) is 0. The van der Waals surface area contributed by atoms with Gasteiger partial charge in [0.05, 0.1) is 0 Å². The minimum Gasteiger partial charge on any atom is -0.203 e. The molecule has 0 heterocycles. The van der Waals surface area contributed by atoms with E-state index in [4.69, 9.17) is 0 Å². The van der Waals surface area contributed by atoms with Crippen molar-refractivity contribution in [3.63, 3.8) is 0 Å². The molecule has 2 heteroatoms. The van der Waals surface area contributed by atoms with Gasteiger partial charge in [0.25, 0.3) is 0 Å². The molecule has 1 fully saturated rings. The number of allylic oxidation sites excluding steroid dienone is 1. The maximum absolute atomic E-state index is 13.7. The van der Waals surface area contributed by atoms with E-state index < -0.39 is 11.6 Å². The third-order valence-corrected chi connectivity index (χ3v) is 3.91. The van der Waals surface area contributed by atoms with Crippen LogP contribution in [-0.4, -0.2) is 0 Å². The molecular formula is C16H20F2. The molecule has 0 saturated heterocycles. The third kappa shape index (κ3) is 2.98. The predicted octanol–water partition coefficient (Wildman–Crippen LogP) is 5.11. The van der Waals surface area contributed by atoms with Gasteiger partial charge in [0.2, 0.25) is 0 Å². The average molecular weight is 250 g/mol. The van der Waals surface area contributed by atoms with Crippen LogP contribution in [0.5, 0.6) is 0 Å². The quantitative estimate of drug-likeness (QED) is 0.684. The van der Waals surface area contributed by atoms with Gasteiger partial charge in [0, 0.05) is 5.56 Å². The molecular weight excluding hydrogens is 230 g/mol. The lowest BCUT2D eigenvalue weighted by atomic mass is 9.83. The Labute approximate surface area is 108 Å². The summed E-state index contributed by atoms with van der Waals surface area (Å²) in [5.74, 6) is -0.127. The van der Waals surface area contributed by atoms with Gasteiger partial charge in [-0.25, -0.2) is 8.78 Å². The van der Waals surface area contributed by atoms with E-state index in [0.29, 0.717) is 17.0 Å². The molecule has 0 nitrogen and oxygen atoms in total. The van der Waals surface area contributed by atoms with Crippen molar-refractivity contribution in [2.24, 2.45) is 11.8 Å². The standard InChI is InChI=1S/C16H20F2/c1-11-3-6-13(7-4-11)8-10-14-9-5-12(2)15(17)16(14)18/h5,8-11,13H,3-4,6-7H2,1-2H3/b10-8+. The fourth-order valence-electron chi connectivity index (χ4n) is 2.51. The van der Waals surface area contributed by atoms with Gasteiger partial charge in [0.1, 0.15) is 0 Å². The largest absolute Gasteiger partial charge is 0.203 e. The first-order valence-electron chi connectivity index (χ1n) is 6.70. The van der Waals surface area contributed by atoms with Crippen LogP contribution < -0.4 is 0 Å². The minimum absolute atomic E-state index is 0.358. The molecule has 0 atom stereocenters. The first kappa shape index (κ1) is 13.3. The molecule has 98 valence electrons. The van der Waals surface area contributed by atoms with E-state index in [1.54, 1.807) is 25.1 Å². The highest BCUT2D eigenvalue weighted by atomic mass is 19.2. The molecule has 0 amide bonds. The normalized spacial score (nSPS) is 24.7. The molecule has 0 radical (unpaired) electrons. The van der Waals surface area contributed by atoms with Crippen LogP contribution >= 0.6 is 0 Å². The summed E-state index contributed by atoms with van der Waals surface area (Å²) in [6, 6.07) is 3.27. The lowest BCUT2D eigenvalue weighted by molar-refractivity contribution is 0.331. The van der Waals surface area contributed by atoms with E-state index in [0.717, 1.165) is 18.8 Å². The molecule has 1 saturated carbocycles. The number of aryl methyl sites for hydroxylation is 1. The molecule has 0 aliphatic heterocycles. The fourth-order valence-corrected chi connectivity index (χ4v) is 2.51. The Hall–Kier alpha value is -1.18. The molecule has 18 heavy (non-hydrogen) atoms. The lowest BCUT2D eigenvalue weighted by Crippen LogP contribution is -2.10. The Morgan fingerprint density at radius 3 is 2.39 bits per heavy atom. The second-order valence-corrected chi connectivity index (χ2v) is 5.48. The van der Waals surface area contributed by atoms with Crippen LogP contribution in [0.3, 0.4) is 0 Å². The van der Waals surface area contributed by atoms with E-state index in [9.17, 15) is 8.78 Å². The van der Waals surface area contributed by atoms with E-state index in [1.165, 1.54) is 12.8 Å². The van der Waals surface area contributed by atoms with Gasteiger partial charge in [0.15, 0.2) is 11.6 Å². The van der Waals surface area contributed by atoms with Gasteiger partial charge in [-0.05, 0) is 37.2 Å². The number of hydrogen-bond acceptors (Lipinski definition) is 0. The first-order chi connectivity index (χ1) is 8.58. The Morgan fingerprint density at radius 2 is 1.72 bits per heavy atom. The summed E-state index contributed by atoms with van der Waals surface area (Å²) in [6.45, 7) is 3.85. The molecule has 0 spiro atoms. The monoisotopic (exact) mass is 250 g/mol. The van der Waals surface area contributed by atoms with Crippen LogP contribution in [0.1, 0.15) is 43.7 Å². The van der Waals surface area contributed by atoms with Gasteiger partial charge >= 0.3 is 0 Å². The number of benzene rings is 1. The Kier molecular flexibility index (Phi) is 4.15. The molecule has 2 rings (SSSR count). The van der Waals surface area contributed by atoms with Crippen LogP contribution in [-0.2, 0) is 0 Å². The summed E-state index contributed by atoms with van der Waals surface area (Å²) in [5.41, 5.74) is 0.716. The molecule has 0 bridgehead atoms. The van der Waals surface area contributed by atoms with Crippen LogP contribution in [0, 0.1) is 30.4 Å². The van der Waals surface area contributed by atoms with Gasteiger partial charge in [-0.2, -0.15) is 0 Å². The van der Waals surface area contributed by atoms with E-state index in [-0.39, 0.29) is 0 Å². The smallest absolute Gasteiger partial charge is 0.166 e. The second kappa shape index (κ2) is 5.64. The SMILES string of the molecule is Cc1ccc(/C=C/C2CCC(C)CC2)c(F)c1F. The average Bonchev–Trinajstić information content (AvgIpc) is 2.37. The number of rotatable bonds is 2. The molecule has 1 aromatic carbocycles. The molecule has 1 aromatic rings. The molecule has 0 N–H and O–H groups in total. The summed E-state index contributed by atoms with van der Waals surface area (Å²) in [4.78, 5) is 0. The van der Waals surface area contributed by atoms with Crippen molar-refractivity contribution in [1.29, 1.82) is 0 Å². The molecule has 1 aliphatic rings. The zero-order valence-electron chi connectivity index (χ0n) is 11.0. The Morgan fingerprint density at radius 1 is 1.06 bits per heavy atom. The van der Waals surface area contributed by atoms with E-state index in [1.807, 2.05) is 6.08 Å². The number of hydrogen-bond donors (Lipinski definition) is 0. The number of halogens is 2. The molecule has 0 unspecified atom stereocenters. The van der Waals surface area contributed by atoms with Gasteiger partial charge in [-0.3, -0.25) is 0 Å². The zero-order valence-corrected chi connectivity index (χ0v) is 11.0. The van der Waals surface area contributed by atoms with Crippen molar-refractivity contribution < 1.29 is 8.78 Å². The van der Waals surface area contributed by atoms with Crippen LogP contribution in [0.2, 0.25) is 0 Å². The highest BCUT2D eigenvalue weighted by Gasteiger charge is 2.16. The third-order valence-electron chi connectivity index (χ3n) is 3.91. The molecule has 1 aliphatic carbocycles. The summed E-state index contributed by atoms with van der Waals surface area (Å²) in [5, 5.41) is 0. The summed E-state index contributed by atoms with van der Waals surface area (Å²) in [6.07, 6.45) is 8.57. The second-order valence-electron chi connectivity index (χ2n) is 5.48. The molecule has 0 aromatic heterocycles. The van der Waals surface area contributed by atoms with Crippen molar-refractivity contribution in [3.05, 3.63) is 41.0 Å². The Bertz CT molecular complexity index is 441. The van der Waals surface area contributed by atoms with Crippen molar-refractivity contribution in [3.8, 4) is 0 Å². The van der Waals surface area contributed by atoms with Crippen molar-refractivity contribution >= 4 is 6.08 Å². The Balaban J connectivity index is 2.07.